The van der Waals surface area contributed by atoms with Crippen molar-refractivity contribution < 1.29 is 9.47 Å². The topological polar surface area (TPSA) is 18.5 Å². The Morgan fingerprint density at radius 1 is 1.29 bits per heavy atom. The summed E-state index contributed by atoms with van der Waals surface area (Å²) in [5, 5.41) is 0. The Labute approximate surface area is 84.8 Å². The molecule has 1 radical (unpaired) electrons. The molecule has 1 aromatic carbocycles. The maximum Gasteiger partial charge on any atom is 0.231 e. The van der Waals surface area contributed by atoms with Gasteiger partial charge in [0.2, 0.25) is 6.79 Å². The third-order valence-corrected chi connectivity index (χ3v) is 2.31. The Kier molecular flexibility index (Phi) is 2.92. The van der Waals surface area contributed by atoms with Crippen molar-refractivity contribution in [2.24, 2.45) is 0 Å². The number of ether oxygens (including phenoxy) is 2. The van der Waals surface area contributed by atoms with Gasteiger partial charge >= 0.3 is 0 Å². The average Bonchev–Trinajstić information content (AvgIpc) is 2.65. The van der Waals surface area contributed by atoms with Crippen LogP contribution in [0.15, 0.2) is 18.2 Å². The zero-order valence-corrected chi connectivity index (χ0v) is 8.45. The van der Waals surface area contributed by atoms with E-state index < -0.39 is 0 Å². The van der Waals surface area contributed by atoms with Gasteiger partial charge in [-0.3, -0.25) is 0 Å². The number of hydrogen-bond acceptors (Lipinski definition) is 2. The molecular weight excluding hydrogens is 176 g/mol. The van der Waals surface area contributed by atoms with Crippen molar-refractivity contribution in [2.45, 2.75) is 26.2 Å². The highest BCUT2D eigenvalue weighted by Crippen LogP contribution is 2.32. The predicted molar refractivity (Wildman–Crippen MR) is 55.5 cm³/mol. The lowest BCUT2D eigenvalue weighted by molar-refractivity contribution is 0.174. The van der Waals surface area contributed by atoms with Gasteiger partial charge in [0.1, 0.15) is 0 Å². The van der Waals surface area contributed by atoms with E-state index in [1.165, 1.54) is 18.4 Å². The van der Waals surface area contributed by atoms with Crippen molar-refractivity contribution in [3.8, 4) is 11.5 Å². The molecule has 1 aliphatic heterocycles. The number of unbranched alkanes of at least 4 members (excludes halogenated alkanes) is 2. The molecular formula is C12H15O2. The molecule has 1 aromatic rings. The molecule has 1 heterocycles. The van der Waals surface area contributed by atoms with E-state index in [9.17, 15) is 0 Å². The lowest BCUT2D eigenvalue weighted by Gasteiger charge is -2.01. The van der Waals surface area contributed by atoms with E-state index in [0.29, 0.717) is 6.79 Å². The molecule has 0 aliphatic carbocycles. The van der Waals surface area contributed by atoms with Gasteiger partial charge < -0.3 is 9.47 Å². The molecule has 2 heteroatoms. The van der Waals surface area contributed by atoms with Gasteiger partial charge in [0, 0.05) is 0 Å². The van der Waals surface area contributed by atoms with Crippen molar-refractivity contribution in [3.63, 3.8) is 0 Å². The number of rotatable bonds is 4. The fourth-order valence-corrected chi connectivity index (χ4v) is 1.54. The minimum atomic E-state index is 0.359. The van der Waals surface area contributed by atoms with Crippen LogP contribution in [0.3, 0.4) is 0 Å². The normalized spacial score (nSPS) is 13.2. The highest BCUT2D eigenvalue weighted by molar-refractivity contribution is 5.44. The van der Waals surface area contributed by atoms with E-state index in [-0.39, 0.29) is 0 Å². The summed E-state index contributed by atoms with van der Waals surface area (Å²) in [6.45, 7) is 2.55. The highest BCUT2D eigenvalue weighted by atomic mass is 16.7. The zero-order chi connectivity index (χ0) is 9.80. The second-order valence-corrected chi connectivity index (χ2v) is 3.47. The Morgan fingerprint density at radius 2 is 2.14 bits per heavy atom. The fraction of sp³-hybridized carbons (Fsp3) is 0.417. The first-order chi connectivity index (χ1) is 6.90. The molecule has 0 aromatic heterocycles. The van der Waals surface area contributed by atoms with Crippen LogP contribution in [0, 0.1) is 6.42 Å². The van der Waals surface area contributed by atoms with Gasteiger partial charge in [0.25, 0.3) is 0 Å². The van der Waals surface area contributed by atoms with E-state index in [1.807, 2.05) is 6.07 Å². The molecule has 0 fully saturated rings. The van der Waals surface area contributed by atoms with Gasteiger partial charge in [0.15, 0.2) is 11.5 Å². The zero-order valence-electron chi connectivity index (χ0n) is 8.45. The highest BCUT2D eigenvalue weighted by Gasteiger charge is 2.12. The van der Waals surface area contributed by atoms with Crippen LogP contribution in [0.2, 0.25) is 0 Å². The van der Waals surface area contributed by atoms with Crippen molar-refractivity contribution >= 4 is 0 Å². The van der Waals surface area contributed by atoms with Gasteiger partial charge in [-0.2, -0.15) is 0 Å². The molecule has 0 bridgehead atoms. The molecule has 2 rings (SSSR count). The van der Waals surface area contributed by atoms with Crippen LogP contribution in [0.1, 0.15) is 25.3 Å². The fourth-order valence-electron chi connectivity index (χ4n) is 1.54. The summed E-state index contributed by atoms with van der Waals surface area (Å²) in [5.74, 6) is 1.75. The second-order valence-electron chi connectivity index (χ2n) is 3.47. The molecule has 75 valence electrons. The van der Waals surface area contributed by atoms with E-state index in [1.54, 1.807) is 0 Å². The Morgan fingerprint density at radius 3 is 3.00 bits per heavy atom. The summed E-state index contributed by atoms with van der Waals surface area (Å²) < 4.78 is 10.6. The second kappa shape index (κ2) is 4.36. The third kappa shape index (κ3) is 2.00. The van der Waals surface area contributed by atoms with Crippen LogP contribution < -0.4 is 9.47 Å². The predicted octanol–water partition coefficient (Wildman–Crippen LogP) is 2.96. The van der Waals surface area contributed by atoms with Crippen molar-refractivity contribution in [3.05, 3.63) is 30.2 Å². The summed E-state index contributed by atoms with van der Waals surface area (Å²) in [6.07, 6.45) is 5.71. The molecule has 14 heavy (non-hydrogen) atoms. The summed E-state index contributed by atoms with van der Waals surface area (Å²) in [6, 6.07) is 6.14. The molecule has 2 nitrogen and oxygen atoms in total. The van der Waals surface area contributed by atoms with Gasteiger partial charge in [0.05, 0.1) is 0 Å². The van der Waals surface area contributed by atoms with Crippen LogP contribution in [0.25, 0.3) is 0 Å². The number of fused-ring (bicyclic) bond motifs is 1. The van der Waals surface area contributed by atoms with Crippen molar-refractivity contribution in [1.82, 2.24) is 0 Å². The molecule has 0 saturated carbocycles. The van der Waals surface area contributed by atoms with Crippen LogP contribution in [0.5, 0.6) is 11.5 Å². The summed E-state index contributed by atoms with van der Waals surface area (Å²) >= 11 is 0. The standard InChI is InChI=1S/C12H15O2/c1-2-3-4-5-10-6-7-11-12(8-10)14-9-13-11/h4,6-8H,2-3,5,9H2,1H3. The Hall–Kier alpha value is -1.18. The average molecular weight is 191 g/mol. The first-order valence-corrected chi connectivity index (χ1v) is 5.10. The van der Waals surface area contributed by atoms with Crippen molar-refractivity contribution in [1.29, 1.82) is 0 Å². The number of benzene rings is 1. The molecule has 0 amide bonds. The maximum atomic E-state index is 5.31. The molecule has 0 unspecified atom stereocenters. The molecule has 0 N–H and O–H groups in total. The summed E-state index contributed by atoms with van der Waals surface area (Å²) in [5.41, 5.74) is 1.29. The monoisotopic (exact) mass is 191 g/mol. The Bertz CT molecular complexity index is 307. The molecule has 1 aliphatic rings. The Balaban J connectivity index is 1.98. The van der Waals surface area contributed by atoms with Gasteiger partial charge in [-0.1, -0.05) is 25.8 Å². The minimum absolute atomic E-state index is 0.359. The van der Waals surface area contributed by atoms with Crippen LogP contribution >= 0.6 is 0 Å². The lowest BCUT2D eigenvalue weighted by Crippen LogP contribution is -1.93. The molecule has 0 atom stereocenters. The quantitative estimate of drug-likeness (QED) is 0.681. The smallest absolute Gasteiger partial charge is 0.231 e. The summed E-state index contributed by atoms with van der Waals surface area (Å²) in [4.78, 5) is 0. The minimum Gasteiger partial charge on any atom is -0.454 e. The van der Waals surface area contributed by atoms with E-state index in [2.05, 4.69) is 25.5 Å². The van der Waals surface area contributed by atoms with Gasteiger partial charge in [-0.15, -0.1) is 0 Å². The van der Waals surface area contributed by atoms with Crippen LogP contribution in [-0.4, -0.2) is 6.79 Å². The lowest BCUT2D eigenvalue weighted by atomic mass is 10.1. The van der Waals surface area contributed by atoms with E-state index in [4.69, 9.17) is 9.47 Å². The first-order valence-electron chi connectivity index (χ1n) is 5.10. The van der Waals surface area contributed by atoms with Crippen molar-refractivity contribution in [2.75, 3.05) is 6.79 Å². The number of hydrogen-bond donors (Lipinski definition) is 0. The molecule has 0 spiro atoms. The van der Waals surface area contributed by atoms with Gasteiger partial charge in [-0.25, -0.2) is 0 Å². The third-order valence-electron chi connectivity index (χ3n) is 2.31. The maximum absolute atomic E-state index is 5.31. The van der Waals surface area contributed by atoms with Crippen LogP contribution in [0.4, 0.5) is 0 Å². The van der Waals surface area contributed by atoms with E-state index >= 15 is 0 Å². The van der Waals surface area contributed by atoms with E-state index in [0.717, 1.165) is 17.9 Å². The first kappa shape index (κ1) is 9.38. The summed E-state index contributed by atoms with van der Waals surface area (Å²) in [7, 11) is 0. The molecule has 0 saturated heterocycles. The van der Waals surface area contributed by atoms with Gasteiger partial charge in [-0.05, 0) is 30.5 Å². The van der Waals surface area contributed by atoms with Crippen LogP contribution in [-0.2, 0) is 6.42 Å². The SMILES string of the molecule is CCC[CH]Cc1ccc2c(c1)OCO2. The largest absolute Gasteiger partial charge is 0.454 e.